The number of rotatable bonds is 3. The number of aromatic nitrogens is 3. The predicted octanol–water partition coefficient (Wildman–Crippen LogP) is 1.40. The number of carbonyl (C=O) groups is 1. The zero-order valence-corrected chi connectivity index (χ0v) is 12.7. The Kier molecular flexibility index (Phi) is 4.09. The molecule has 3 rings (SSSR count). The van der Waals surface area contributed by atoms with Gasteiger partial charge < -0.3 is 4.90 Å². The van der Waals surface area contributed by atoms with Crippen LogP contribution in [0.15, 0.2) is 35.4 Å². The Morgan fingerprint density at radius 3 is 3.00 bits per heavy atom. The monoisotopic (exact) mass is 300 g/mol. The summed E-state index contributed by atoms with van der Waals surface area (Å²) < 4.78 is 1.45. The van der Waals surface area contributed by atoms with E-state index in [1.54, 1.807) is 25.5 Å². The predicted molar refractivity (Wildman–Crippen MR) is 82.3 cm³/mol. The van der Waals surface area contributed by atoms with Gasteiger partial charge in [0.25, 0.3) is 5.56 Å². The summed E-state index contributed by atoms with van der Waals surface area (Å²) in [5, 5.41) is 3.06. The molecular weight excluding hydrogens is 280 g/mol. The normalized spacial score (nSPS) is 18.4. The lowest BCUT2D eigenvalue weighted by Crippen LogP contribution is -2.39. The van der Waals surface area contributed by atoms with Gasteiger partial charge >= 0.3 is 0 Å². The van der Waals surface area contributed by atoms with Gasteiger partial charge in [-0.05, 0) is 30.9 Å². The minimum atomic E-state index is -0.0692. The van der Waals surface area contributed by atoms with Crippen LogP contribution in [0.4, 0.5) is 0 Å². The first-order valence-electron chi connectivity index (χ1n) is 7.59. The third kappa shape index (κ3) is 2.95. The number of pyridine rings is 1. The quantitative estimate of drug-likeness (QED) is 0.931. The maximum absolute atomic E-state index is 12.6. The molecule has 0 aliphatic carbocycles. The smallest absolute Gasteiger partial charge is 0.266 e. The van der Waals surface area contributed by atoms with E-state index in [0.29, 0.717) is 6.42 Å². The third-order valence-electron chi connectivity index (χ3n) is 4.17. The molecule has 1 atom stereocenters. The number of aromatic amines is 1. The summed E-state index contributed by atoms with van der Waals surface area (Å²) in [6.45, 7) is 0.737. The fourth-order valence-electron chi connectivity index (χ4n) is 3.01. The van der Waals surface area contributed by atoms with Crippen LogP contribution < -0.4 is 5.56 Å². The van der Waals surface area contributed by atoms with Crippen molar-refractivity contribution in [1.29, 1.82) is 0 Å². The van der Waals surface area contributed by atoms with Crippen LogP contribution >= 0.6 is 0 Å². The Bertz CT molecular complexity index is 704. The number of hydrogen-bond donors (Lipinski definition) is 1. The van der Waals surface area contributed by atoms with Crippen molar-refractivity contribution < 1.29 is 4.79 Å². The van der Waals surface area contributed by atoms with Gasteiger partial charge in [0.2, 0.25) is 5.91 Å². The molecule has 1 fully saturated rings. The number of hydrogen-bond acceptors (Lipinski definition) is 3. The lowest BCUT2D eigenvalue weighted by Gasteiger charge is -2.35. The van der Waals surface area contributed by atoms with E-state index in [0.717, 1.165) is 37.1 Å². The molecule has 0 saturated carbocycles. The number of amides is 1. The largest absolute Gasteiger partial charge is 0.334 e. The van der Waals surface area contributed by atoms with Crippen molar-refractivity contribution in [1.82, 2.24) is 19.7 Å². The van der Waals surface area contributed by atoms with Crippen LogP contribution in [0.1, 0.15) is 36.6 Å². The van der Waals surface area contributed by atoms with Crippen molar-refractivity contribution in [3.8, 4) is 0 Å². The van der Waals surface area contributed by atoms with E-state index in [1.807, 2.05) is 17.0 Å². The average Bonchev–Trinajstić information content (AvgIpc) is 2.87. The molecule has 0 radical (unpaired) electrons. The molecule has 1 saturated heterocycles. The summed E-state index contributed by atoms with van der Waals surface area (Å²) in [7, 11) is 1.69. The highest BCUT2D eigenvalue weighted by Crippen LogP contribution is 2.29. The summed E-state index contributed by atoms with van der Waals surface area (Å²) in [5.74, 6) is 0.0856. The second kappa shape index (κ2) is 6.17. The van der Waals surface area contributed by atoms with E-state index in [1.165, 1.54) is 4.68 Å². The molecule has 0 spiro atoms. The molecule has 22 heavy (non-hydrogen) atoms. The van der Waals surface area contributed by atoms with Crippen LogP contribution in [0.25, 0.3) is 0 Å². The lowest BCUT2D eigenvalue weighted by atomic mass is 9.98. The molecule has 1 N–H and O–H groups in total. The molecule has 2 aromatic heterocycles. The van der Waals surface area contributed by atoms with Gasteiger partial charge in [-0.15, -0.1) is 0 Å². The van der Waals surface area contributed by atoms with Gasteiger partial charge in [0.15, 0.2) is 0 Å². The van der Waals surface area contributed by atoms with Crippen LogP contribution in [0, 0.1) is 0 Å². The van der Waals surface area contributed by atoms with Gasteiger partial charge in [-0.3, -0.25) is 24.4 Å². The SMILES string of the molecule is Cn1[nH]c(C2CCCCN2C(=O)Cc2cccnc2)cc1=O. The highest BCUT2D eigenvalue weighted by atomic mass is 16.2. The third-order valence-corrected chi connectivity index (χ3v) is 4.17. The Morgan fingerprint density at radius 2 is 2.32 bits per heavy atom. The van der Waals surface area contributed by atoms with Gasteiger partial charge in [-0.1, -0.05) is 6.07 Å². The topological polar surface area (TPSA) is 71.0 Å². The second-order valence-corrected chi connectivity index (χ2v) is 5.75. The van der Waals surface area contributed by atoms with Gasteiger partial charge in [-0.2, -0.15) is 0 Å². The number of H-pyrrole nitrogens is 1. The van der Waals surface area contributed by atoms with E-state index in [9.17, 15) is 9.59 Å². The Labute approximate surface area is 128 Å². The molecule has 0 aromatic carbocycles. The number of likely N-dealkylation sites (tertiary alicyclic amines) is 1. The van der Waals surface area contributed by atoms with E-state index in [2.05, 4.69) is 10.1 Å². The van der Waals surface area contributed by atoms with Crippen molar-refractivity contribution in [2.75, 3.05) is 6.54 Å². The molecule has 6 heteroatoms. The number of aryl methyl sites for hydroxylation is 1. The highest BCUT2D eigenvalue weighted by molar-refractivity contribution is 5.79. The van der Waals surface area contributed by atoms with Crippen LogP contribution in [0.3, 0.4) is 0 Å². The van der Waals surface area contributed by atoms with Crippen LogP contribution in [0.5, 0.6) is 0 Å². The van der Waals surface area contributed by atoms with Gasteiger partial charge in [-0.25, -0.2) is 0 Å². The van der Waals surface area contributed by atoms with Crippen molar-refractivity contribution >= 4 is 5.91 Å². The number of nitrogens with one attached hydrogen (secondary N) is 1. The van der Waals surface area contributed by atoms with E-state index in [-0.39, 0.29) is 17.5 Å². The average molecular weight is 300 g/mol. The molecule has 2 aromatic rings. The standard InChI is InChI=1S/C16H20N4O2/c1-19-15(21)10-13(18-19)14-6-2-3-8-20(14)16(22)9-12-5-4-7-17-11-12/h4-5,7,10-11,14,18H,2-3,6,8-9H2,1H3. The van der Waals surface area contributed by atoms with E-state index >= 15 is 0 Å². The van der Waals surface area contributed by atoms with Gasteiger partial charge in [0.05, 0.1) is 18.2 Å². The van der Waals surface area contributed by atoms with Crippen molar-refractivity contribution in [3.63, 3.8) is 0 Å². The molecule has 1 amide bonds. The summed E-state index contributed by atoms with van der Waals surface area (Å²) >= 11 is 0. The van der Waals surface area contributed by atoms with Crippen molar-refractivity contribution in [3.05, 3.63) is 52.2 Å². The molecular formula is C16H20N4O2. The maximum atomic E-state index is 12.6. The molecule has 6 nitrogen and oxygen atoms in total. The summed E-state index contributed by atoms with van der Waals surface area (Å²) in [6.07, 6.45) is 6.73. The Hall–Kier alpha value is -2.37. The van der Waals surface area contributed by atoms with Crippen LogP contribution in [-0.4, -0.2) is 32.1 Å². The zero-order valence-electron chi connectivity index (χ0n) is 12.7. The Balaban J connectivity index is 1.80. The first-order valence-corrected chi connectivity index (χ1v) is 7.59. The Morgan fingerprint density at radius 1 is 1.45 bits per heavy atom. The van der Waals surface area contributed by atoms with Crippen LogP contribution in [0.2, 0.25) is 0 Å². The summed E-state index contributed by atoms with van der Waals surface area (Å²) in [4.78, 5) is 30.3. The van der Waals surface area contributed by atoms with Crippen LogP contribution in [-0.2, 0) is 18.3 Å². The fourth-order valence-corrected chi connectivity index (χ4v) is 3.01. The number of piperidine rings is 1. The molecule has 1 unspecified atom stereocenters. The number of nitrogens with zero attached hydrogens (tertiary/aromatic N) is 3. The number of carbonyl (C=O) groups excluding carboxylic acids is 1. The highest BCUT2D eigenvalue weighted by Gasteiger charge is 2.29. The minimum Gasteiger partial charge on any atom is -0.334 e. The lowest BCUT2D eigenvalue weighted by molar-refractivity contribution is -0.134. The molecule has 0 bridgehead atoms. The molecule has 1 aliphatic heterocycles. The van der Waals surface area contributed by atoms with Gasteiger partial charge in [0.1, 0.15) is 0 Å². The fraction of sp³-hybridized carbons (Fsp3) is 0.438. The summed E-state index contributed by atoms with van der Waals surface area (Å²) in [5.41, 5.74) is 1.67. The summed E-state index contributed by atoms with van der Waals surface area (Å²) in [6, 6.07) is 5.31. The minimum absolute atomic E-state index is 0.0354. The molecule has 1 aliphatic rings. The molecule has 3 heterocycles. The van der Waals surface area contributed by atoms with Crippen molar-refractivity contribution in [2.24, 2.45) is 7.05 Å². The first kappa shape index (κ1) is 14.6. The van der Waals surface area contributed by atoms with Crippen molar-refractivity contribution in [2.45, 2.75) is 31.7 Å². The molecule has 116 valence electrons. The first-order chi connectivity index (χ1) is 10.6. The van der Waals surface area contributed by atoms with E-state index in [4.69, 9.17) is 0 Å². The maximum Gasteiger partial charge on any atom is 0.266 e. The van der Waals surface area contributed by atoms with E-state index < -0.39 is 0 Å². The van der Waals surface area contributed by atoms with Gasteiger partial charge in [0, 0.05) is 32.1 Å². The zero-order chi connectivity index (χ0) is 15.5. The second-order valence-electron chi connectivity index (χ2n) is 5.75.